The standard InChI is InChI=1S/C10H21N2O.ClH/c1-6-10(13)11(2)8-7-9-12(3,4)5;/h6H,1,7-9H2,2-5H3;1H/q+1;. The van der Waals surface area contributed by atoms with Gasteiger partial charge in [-0.2, -0.15) is 0 Å². The van der Waals surface area contributed by atoms with Crippen LogP contribution in [0.4, 0.5) is 0 Å². The Hall–Kier alpha value is -0.540. The second kappa shape index (κ2) is 6.85. The van der Waals surface area contributed by atoms with Gasteiger partial charge in [0.05, 0.1) is 27.7 Å². The molecule has 1 amide bonds. The molecule has 4 heteroatoms. The fourth-order valence-corrected chi connectivity index (χ4v) is 1.05. The van der Waals surface area contributed by atoms with E-state index >= 15 is 0 Å². The lowest BCUT2D eigenvalue weighted by Crippen LogP contribution is -2.37. The quantitative estimate of drug-likeness (QED) is 0.504. The summed E-state index contributed by atoms with van der Waals surface area (Å²) in [6.07, 6.45) is 2.38. The number of quaternary nitrogens is 1. The van der Waals surface area contributed by atoms with Crippen LogP contribution in [0.25, 0.3) is 0 Å². The van der Waals surface area contributed by atoms with E-state index in [4.69, 9.17) is 0 Å². The van der Waals surface area contributed by atoms with Crippen LogP contribution in [-0.4, -0.2) is 56.6 Å². The van der Waals surface area contributed by atoms with E-state index in [0.29, 0.717) is 0 Å². The summed E-state index contributed by atoms with van der Waals surface area (Å²) in [4.78, 5) is 12.8. The number of carbonyl (C=O) groups excluding carboxylic acids is 1. The smallest absolute Gasteiger partial charge is 0.245 e. The van der Waals surface area contributed by atoms with Crippen LogP contribution >= 0.6 is 12.4 Å². The molecule has 0 radical (unpaired) electrons. The number of carbonyl (C=O) groups is 1. The van der Waals surface area contributed by atoms with Crippen molar-refractivity contribution < 1.29 is 9.28 Å². The third-order valence-corrected chi connectivity index (χ3v) is 1.87. The van der Waals surface area contributed by atoms with Gasteiger partial charge in [-0.15, -0.1) is 12.4 Å². The molecular weight excluding hydrogens is 200 g/mol. The van der Waals surface area contributed by atoms with Crippen LogP contribution in [0.5, 0.6) is 0 Å². The van der Waals surface area contributed by atoms with Crippen LogP contribution in [0.1, 0.15) is 6.42 Å². The van der Waals surface area contributed by atoms with Gasteiger partial charge >= 0.3 is 0 Å². The number of amides is 1. The molecule has 3 nitrogen and oxygen atoms in total. The zero-order chi connectivity index (χ0) is 10.5. The van der Waals surface area contributed by atoms with Gasteiger partial charge in [0.2, 0.25) is 5.91 Å². The summed E-state index contributed by atoms with van der Waals surface area (Å²) in [5, 5.41) is 0. The van der Waals surface area contributed by atoms with E-state index in [2.05, 4.69) is 27.7 Å². The molecule has 0 N–H and O–H groups in total. The van der Waals surface area contributed by atoms with Crippen molar-refractivity contribution in [3.05, 3.63) is 12.7 Å². The van der Waals surface area contributed by atoms with Crippen LogP contribution < -0.4 is 0 Å². The number of rotatable bonds is 5. The van der Waals surface area contributed by atoms with Crippen molar-refractivity contribution in [2.45, 2.75) is 6.42 Å². The Morgan fingerprint density at radius 1 is 1.43 bits per heavy atom. The molecule has 0 aliphatic carbocycles. The molecular formula is C10H22ClN2O+. The lowest BCUT2D eigenvalue weighted by Gasteiger charge is -2.25. The predicted octanol–water partition coefficient (Wildman–Crippen LogP) is 1.15. The Labute approximate surface area is 93.4 Å². The van der Waals surface area contributed by atoms with Gasteiger partial charge in [0, 0.05) is 20.0 Å². The first-order valence-corrected chi connectivity index (χ1v) is 4.55. The molecule has 14 heavy (non-hydrogen) atoms. The fourth-order valence-electron chi connectivity index (χ4n) is 1.05. The fraction of sp³-hybridized carbons (Fsp3) is 0.700. The first-order chi connectivity index (χ1) is 5.87. The first kappa shape index (κ1) is 15.9. The lowest BCUT2D eigenvalue weighted by molar-refractivity contribution is -0.870. The van der Waals surface area contributed by atoms with Crippen molar-refractivity contribution in [3.8, 4) is 0 Å². The van der Waals surface area contributed by atoms with Crippen LogP contribution in [-0.2, 0) is 4.79 Å². The molecule has 0 rings (SSSR count). The summed E-state index contributed by atoms with van der Waals surface area (Å²) in [7, 11) is 8.25. The number of halogens is 1. The minimum absolute atomic E-state index is 0. The molecule has 0 fully saturated rings. The molecule has 0 aliphatic rings. The van der Waals surface area contributed by atoms with Gasteiger partial charge < -0.3 is 9.38 Å². The third kappa shape index (κ3) is 8.08. The summed E-state index contributed by atoms with van der Waals surface area (Å²) in [6.45, 7) is 5.33. The topological polar surface area (TPSA) is 20.3 Å². The van der Waals surface area contributed by atoms with Crippen molar-refractivity contribution >= 4 is 18.3 Å². The van der Waals surface area contributed by atoms with Gasteiger partial charge in [-0.3, -0.25) is 4.79 Å². The first-order valence-electron chi connectivity index (χ1n) is 4.55. The highest BCUT2D eigenvalue weighted by atomic mass is 35.5. The molecule has 0 saturated heterocycles. The van der Waals surface area contributed by atoms with Crippen LogP contribution in [0, 0.1) is 0 Å². The Morgan fingerprint density at radius 3 is 2.29 bits per heavy atom. The normalized spacial score (nSPS) is 10.3. The molecule has 0 atom stereocenters. The van der Waals surface area contributed by atoms with Gasteiger partial charge in [0.1, 0.15) is 0 Å². The van der Waals surface area contributed by atoms with Gasteiger partial charge in [0.15, 0.2) is 0 Å². The summed E-state index contributed by atoms with van der Waals surface area (Å²) >= 11 is 0. The summed E-state index contributed by atoms with van der Waals surface area (Å²) in [5.74, 6) is 0.00130. The van der Waals surface area contributed by atoms with Gasteiger partial charge in [-0.25, -0.2) is 0 Å². The molecule has 0 spiro atoms. The second-order valence-electron chi connectivity index (χ2n) is 4.33. The maximum atomic E-state index is 11.1. The minimum Gasteiger partial charge on any atom is -0.342 e. The molecule has 0 saturated carbocycles. The molecule has 0 aromatic carbocycles. The van der Waals surface area contributed by atoms with Crippen molar-refractivity contribution in [1.82, 2.24) is 4.90 Å². The van der Waals surface area contributed by atoms with E-state index in [1.54, 1.807) is 11.9 Å². The Morgan fingerprint density at radius 2 is 1.93 bits per heavy atom. The molecule has 0 aromatic heterocycles. The van der Waals surface area contributed by atoms with Crippen LogP contribution in [0.15, 0.2) is 12.7 Å². The van der Waals surface area contributed by atoms with Crippen LogP contribution in [0.2, 0.25) is 0 Å². The zero-order valence-corrected chi connectivity index (χ0v) is 10.4. The summed E-state index contributed by atoms with van der Waals surface area (Å²) in [5.41, 5.74) is 0. The van der Waals surface area contributed by atoms with Gasteiger partial charge in [-0.1, -0.05) is 6.58 Å². The number of hydrogen-bond acceptors (Lipinski definition) is 1. The molecule has 0 aliphatic heterocycles. The second-order valence-corrected chi connectivity index (χ2v) is 4.33. The number of likely N-dealkylation sites (N-methyl/N-ethyl adjacent to an activating group) is 1. The molecule has 0 heterocycles. The SMILES string of the molecule is C=CC(=O)N(C)CCC[N+](C)(C)C.Cl. The largest absolute Gasteiger partial charge is 0.342 e. The molecule has 84 valence electrons. The average molecular weight is 222 g/mol. The van der Waals surface area contributed by atoms with E-state index in [9.17, 15) is 4.79 Å². The maximum absolute atomic E-state index is 11.1. The average Bonchev–Trinajstić information content (AvgIpc) is 2.00. The Bertz CT molecular complexity index is 187. The van der Waals surface area contributed by atoms with E-state index < -0.39 is 0 Å². The van der Waals surface area contributed by atoms with E-state index in [0.717, 1.165) is 24.0 Å². The number of nitrogens with zero attached hydrogens (tertiary/aromatic N) is 2. The highest BCUT2D eigenvalue weighted by Gasteiger charge is 2.08. The number of hydrogen-bond donors (Lipinski definition) is 0. The van der Waals surface area contributed by atoms with Gasteiger partial charge in [0.25, 0.3) is 0 Å². The molecule has 0 aromatic rings. The maximum Gasteiger partial charge on any atom is 0.245 e. The Kier molecular flexibility index (Phi) is 7.78. The molecule has 0 bridgehead atoms. The monoisotopic (exact) mass is 221 g/mol. The van der Waals surface area contributed by atoms with Crippen molar-refractivity contribution in [1.29, 1.82) is 0 Å². The minimum atomic E-state index is 0. The van der Waals surface area contributed by atoms with Crippen LogP contribution in [0.3, 0.4) is 0 Å². The summed E-state index contributed by atoms with van der Waals surface area (Å²) in [6, 6.07) is 0. The van der Waals surface area contributed by atoms with Gasteiger partial charge in [-0.05, 0) is 6.08 Å². The van der Waals surface area contributed by atoms with Crippen molar-refractivity contribution in [3.63, 3.8) is 0 Å². The summed E-state index contributed by atoms with van der Waals surface area (Å²) < 4.78 is 0.941. The van der Waals surface area contributed by atoms with Crippen molar-refractivity contribution in [2.75, 3.05) is 41.3 Å². The van der Waals surface area contributed by atoms with E-state index in [-0.39, 0.29) is 18.3 Å². The van der Waals surface area contributed by atoms with E-state index in [1.807, 2.05) is 0 Å². The highest BCUT2D eigenvalue weighted by molar-refractivity contribution is 5.86. The highest BCUT2D eigenvalue weighted by Crippen LogP contribution is 1.96. The Balaban J connectivity index is 0. The zero-order valence-electron chi connectivity index (χ0n) is 9.62. The van der Waals surface area contributed by atoms with Crippen molar-refractivity contribution in [2.24, 2.45) is 0 Å². The third-order valence-electron chi connectivity index (χ3n) is 1.87. The predicted molar refractivity (Wildman–Crippen MR) is 62.6 cm³/mol. The van der Waals surface area contributed by atoms with E-state index in [1.165, 1.54) is 6.08 Å². The molecule has 0 unspecified atom stereocenters. The lowest BCUT2D eigenvalue weighted by atomic mass is 10.3.